The van der Waals surface area contributed by atoms with Gasteiger partial charge in [-0.25, -0.2) is 4.98 Å². The highest BCUT2D eigenvalue weighted by Gasteiger charge is 2.12. The molecule has 5 nitrogen and oxygen atoms in total. The fraction of sp³-hybridized carbons (Fsp3) is 0.167. The second-order valence-corrected chi connectivity index (χ2v) is 3.57. The first-order valence-corrected chi connectivity index (χ1v) is 5.24. The Morgan fingerprint density at radius 3 is 2.71 bits per heavy atom. The number of hydrogen-bond donors (Lipinski definition) is 1. The van der Waals surface area contributed by atoms with E-state index in [9.17, 15) is 4.79 Å². The van der Waals surface area contributed by atoms with E-state index in [0.29, 0.717) is 5.69 Å². The number of nitrogens with zero attached hydrogens (tertiary/aromatic N) is 3. The van der Waals surface area contributed by atoms with Gasteiger partial charge in [0.25, 0.3) is 5.91 Å². The fourth-order valence-electron chi connectivity index (χ4n) is 1.40. The van der Waals surface area contributed by atoms with Crippen LogP contribution in [-0.4, -0.2) is 20.9 Å². The van der Waals surface area contributed by atoms with Crippen molar-refractivity contribution in [2.75, 3.05) is 0 Å². The highest BCUT2D eigenvalue weighted by atomic mass is 16.1. The SMILES string of the molecule is CC(NC(=O)c1cnccn1)c1cccnc1. The number of carbonyl (C=O) groups is 1. The molecule has 0 spiro atoms. The first-order chi connectivity index (χ1) is 8.27. The van der Waals surface area contributed by atoms with E-state index in [0.717, 1.165) is 5.56 Å². The zero-order valence-corrected chi connectivity index (χ0v) is 9.37. The highest BCUT2D eigenvalue weighted by molar-refractivity contribution is 5.92. The number of nitrogens with one attached hydrogen (secondary N) is 1. The van der Waals surface area contributed by atoms with Crippen molar-refractivity contribution in [3.05, 3.63) is 54.4 Å². The van der Waals surface area contributed by atoms with Gasteiger partial charge in [0, 0.05) is 24.8 Å². The molecule has 1 unspecified atom stereocenters. The molecule has 2 aromatic heterocycles. The van der Waals surface area contributed by atoms with E-state index < -0.39 is 0 Å². The van der Waals surface area contributed by atoms with Crippen molar-refractivity contribution in [3.63, 3.8) is 0 Å². The van der Waals surface area contributed by atoms with Crippen molar-refractivity contribution in [3.8, 4) is 0 Å². The monoisotopic (exact) mass is 228 g/mol. The van der Waals surface area contributed by atoms with Gasteiger partial charge in [-0.15, -0.1) is 0 Å². The molecule has 0 saturated carbocycles. The molecule has 0 aliphatic heterocycles. The Bertz CT molecular complexity index is 486. The van der Waals surface area contributed by atoms with E-state index in [1.54, 1.807) is 12.4 Å². The quantitative estimate of drug-likeness (QED) is 0.861. The molecule has 0 fully saturated rings. The summed E-state index contributed by atoms with van der Waals surface area (Å²) in [5.41, 5.74) is 1.26. The molecule has 1 N–H and O–H groups in total. The normalized spacial score (nSPS) is 11.8. The predicted molar refractivity (Wildman–Crippen MR) is 62.2 cm³/mol. The molecule has 2 rings (SSSR count). The number of aromatic nitrogens is 3. The second kappa shape index (κ2) is 5.16. The van der Waals surface area contributed by atoms with E-state index in [1.807, 2.05) is 19.1 Å². The largest absolute Gasteiger partial charge is 0.344 e. The summed E-state index contributed by atoms with van der Waals surface area (Å²) in [5, 5.41) is 2.83. The Kier molecular flexibility index (Phi) is 3.40. The Morgan fingerprint density at radius 2 is 2.06 bits per heavy atom. The van der Waals surface area contributed by atoms with Crippen LogP contribution in [0.25, 0.3) is 0 Å². The summed E-state index contributed by atoms with van der Waals surface area (Å²) in [6.45, 7) is 1.89. The molecular weight excluding hydrogens is 216 g/mol. The number of hydrogen-bond acceptors (Lipinski definition) is 4. The minimum atomic E-state index is -0.241. The topological polar surface area (TPSA) is 67.8 Å². The summed E-state index contributed by atoms with van der Waals surface area (Å²) in [6, 6.07) is 3.63. The zero-order valence-electron chi connectivity index (χ0n) is 9.37. The third kappa shape index (κ3) is 2.84. The third-order valence-electron chi connectivity index (χ3n) is 2.33. The van der Waals surface area contributed by atoms with E-state index in [4.69, 9.17) is 0 Å². The smallest absolute Gasteiger partial charge is 0.271 e. The average Bonchev–Trinajstić information content (AvgIpc) is 2.40. The second-order valence-electron chi connectivity index (χ2n) is 3.57. The number of rotatable bonds is 3. The van der Waals surface area contributed by atoms with Gasteiger partial charge in [0.05, 0.1) is 12.2 Å². The van der Waals surface area contributed by atoms with Gasteiger partial charge in [-0.1, -0.05) is 6.07 Å². The van der Waals surface area contributed by atoms with Crippen molar-refractivity contribution >= 4 is 5.91 Å². The predicted octanol–water partition coefficient (Wildman–Crippen LogP) is 1.36. The van der Waals surface area contributed by atoms with Crippen molar-refractivity contribution in [1.29, 1.82) is 0 Å². The Hall–Kier alpha value is -2.30. The van der Waals surface area contributed by atoms with Crippen molar-refractivity contribution in [1.82, 2.24) is 20.3 Å². The van der Waals surface area contributed by atoms with Crippen LogP contribution in [0.15, 0.2) is 43.1 Å². The molecule has 0 aromatic carbocycles. The lowest BCUT2D eigenvalue weighted by atomic mass is 10.1. The molecule has 0 aliphatic rings. The molecule has 2 heterocycles. The van der Waals surface area contributed by atoms with Gasteiger partial charge in [0.1, 0.15) is 5.69 Å². The standard InChI is InChI=1S/C12H12N4O/c1-9(10-3-2-4-13-7-10)16-12(17)11-8-14-5-6-15-11/h2-9H,1H3,(H,16,17). The molecule has 1 amide bonds. The van der Waals surface area contributed by atoms with Crippen LogP contribution in [0.3, 0.4) is 0 Å². The molecule has 0 bridgehead atoms. The van der Waals surface area contributed by atoms with E-state index in [1.165, 1.54) is 18.6 Å². The summed E-state index contributed by atoms with van der Waals surface area (Å²) in [6.07, 6.45) is 7.87. The van der Waals surface area contributed by atoms with Gasteiger partial charge < -0.3 is 5.32 Å². The Balaban J connectivity index is 2.05. The van der Waals surface area contributed by atoms with Crippen molar-refractivity contribution in [2.24, 2.45) is 0 Å². The van der Waals surface area contributed by atoms with E-state index >= 15 is 0 Å². The minimum absolute atomic E-state index is 0.113. The van der Waals surface area contributed by atoms with Gasteiger partial charge in [0.15, 0.2) is 0 Å². The van der Waals surface area contributed by atoms with Crippen LogP contribution in [0, 0.1) is 0 Å². The summed E-state index contributed by atoms with van der Waals surface area (Å²) >= 11 is 0. The Labute approximate surface area is 99.0 Å². The van der Waals surface area contributed by atoms with E-state index in [-0.39, 0.29) is 11.9 Å². The van der Waals surface area contributed by atoms with Crippen LogP contribution in [-0.2, 0) is 0 Å². The molecule has 86 valence electrons. The molecule has 2 aromatic rings. The first kappa shape index (κ1) is 11.2. The summed E-state index contributed by atoms with van der Waals surface area (Å²) in [4.78, 5) is 23.6. The maximum Gasteiger partial charge on any atom is 0.271 e. The Morgan fingerprint density at radius 1 is 1.24 bits per heavy atom. The maximum atomic E-state index is 11.8. The average molecular weight is 228 g/mol. The van der Waals surface area contributed by atoms with Crippen molar-refractivity contribution in [2.45, 2.75) is 13.0 Å². The molecule has 0 radical (unpaired) electrons. The molecule has 0 aliphatic carbocycles. The molecule has 1 atom stereocenters. The number of amides is 1. The van der Waals surface area contributed by atoms with Gasteiger partial charge >= 0.3 is 0 Å². The van der Waals surface area contributed by atoms with Crippen LogP contribution in [0.5, 0.6) is 0 Å². The van der Waals surface area contributed by atoms with Gasteiger partial charge in [-0.3, -0.25) is 14.8 Å². The lowest BCUT2D eigenvalue weighted by Gasteiger charge is -2.12. The fourth-order valence-corrected chi connectivity index (χ4v) is 1.40. The zero-order chi connectivity index (χ0) is 12.1. The minimum Gasteiger partial charge on any atom is -0.344 e. The van der Waals surface area contributed by atoms with Crippen molar-refractivity contribution < 1.29 is 4.79 Å². The highest BCUT2D eigenvalue weighted by Crippen LogP contribution is 2.10. The molecular formula is C12H12N4O. The molecule has 0 saturated heterocycles. The van der Waals surface area contributed by atoms with Crippen LogP contribution in [0.4, 0.5) is 0 Å². The number of pyridine rings is 1. The summed E-state index contributed by atoms with van der Waals surface area (Å²) in [5.74, 6) is -0.241. The maximum absolute atomic E-state index is 11.8. The first-order valence-electron chi connectivity index (χ1n) is 5.24. The van der Waals surface area contributed by atoms with Crippen LogP contribution >= 0.6 is 0 Å². The molecule has 5 heteroatoms. The van der Waals surface area contributed by atoms with E-state index in [2.05, 4.69) is 20.3 Å². The molecule has 17 heavy (non-hydrogen) atoms. The number of carbonyl (C=O) groups excluding carboxylic acids is 1. The van der Waals surface area contributed by atoms with Crippen LogP contribution in [0.1, 0.15) is 29.0 Å². The van der Waals surface area contributed by atoms with Gasteiger partial charge in [-0.05, 0) is 18.6 Å². The van der Waals surface area contributed by atoms with Crippen LogP contribution < -0.4 is 5.32 Å². The lowest BCUT2D eigenvalue weighted by molar-refractivity contribution is 0.0934. The third-order valence-corrected chi connectivity index (χ3v) is 2.33. The summed E-state index contributed by atoms with van der Waals surface area (Å²) in [7, 11) is 0. The van der Waals surface area contributed by atoms with Gasteiger partial charge in [-0.2, -0.15) is 0 Å². The van der Waals surface area contributed by atoms with Crippen LogP contribution in [0.2, 0.25) is 0 Å². The van der Waals surface area contributed by atoms with Gasteiger partial charge in [0.2, 0.25) is 0 Å². The summed E-state index contributed by atoms with van der Waals surface area (Å²) < 4.78 is 0. The lowest BCUT2D eigenvalue weighted by Crippen LogP contribution is -2.27.